The van der Waals surface area contributed by atoms with Crippen LogP contribution in [0.15, 0.2) is 41.2 Å². The lowest BCUT2D eigenvalue weighted by Gasteiger charge is -2.32. The van der Waals surface area contributed by atoms with Crippen LogP contribution in [0.1, 0.15) is 48.7 Å². The molecule has 1 amide bonds. The van der Waals surface area contributed by atoms with Gasteiger partial charge in [0.2, 0.25) is 0 Å². The molecule has 0 aliphatic carbocycles. The Hall–Kier alpha value is -2.63. The molecule has 1 saturated heterocycles. The van der Waals surface area contributed by atoms with Crippen molar-refractivity contribution >= 4 is 5.91 Å². The van der Waals surface area contributed by atoms with Crippen LogP contribution in [0.5, 0.6) is 5.75 Å². The van der Waals surface area contributed by atoms with Crippen LogP contribution in [0.25, 0.3) is 0 Å². The Morgan fingerprint density at radius 1 is 1.14 bits per heavy atom. The number of amides is 1. The molecule has 0 spiro atoms. The largest absolute Gasteiger partial charge is 0.497 e. The number of carbonyl (C=O) groups is 1. The van der Waals surface area contributed by atoms with Gasteiger partial charge in [0, 0.05) is 25.7 Å². The summed E-state index contributed by atoms with van der Waals surface area (Å²) in [7, 11) is 1.68. The zero-order valence-electron chi connectivity index (χ0n) is 16.8. The van der Waals surface area contributed by atoms with Gasteiger partial charge in [0.15, 0.2) is 0 Å². The summed E-state index contributed by atoms with van der Waals surface area (Å²) < 4.78 is 6.58. The lowest BCUT2D eigenvalue weighted by atomic mass is 9.90. The van der Waals surface area contributed by atoms with E-state index in [0.29, 0.717) is 18.2 Å². The second-order valence-corrected chi connectivity index (χ2v) is 7.40. The summed E-state index contributed by atoms with van der Waals surface area (Å²) >= 11 is 0. The Kier molecular flexibility index (Phi) is 6.85. The average molecular weight is 383 g/mol. The molecule has 1 aliphatic rings. The van der Waals surface area contributed by atoms with Crippen molar-refractivity contribution in [3.8, 4) is 5.75 Å². The maximum atomic E-state index is 12.8. The molecular formula is C22H29N3O3. The molecule has 0 bridgehead atoms. The summed E-state index contributed by atoms with van der Waals surface area (Å²) in [6.07, 6.45) is 5.01. The Morgan fingerprint density at radius 2 is 1.86 bits per heavy atom. The van der Waals surface area contributed by atoms with E-state index >= 15 is 0 Å². The minimum absolute atomic E-state index is 0.0709. The number of benzene rings is 1. The summed E-state index contributed by atoms with van der Waals surface area (Å²) in [6, 6.07) is 11.2. The van der Waals surface area contributed by atoms with Crippen LogP contribution in [-0.2, 0) is 13.0 Å². The number of hydrogen-bond donors (Lipinski definition) is 0. The van der Waals surface area contributed by atoms with Gasteiger partial charge in [0.25, 0.3) is 11.5 Å². The van der Waals surface area contributed by atoms with E-state index in [9.17, 15) is 9.59 Å². The highest BCUT2D eigenvalue weighted by Gasteiger charge is 2.24. The molecule has 3 rings (SSSR count). The van der Waals surface area contributed by atoms with Crippen molar-refractivity contribution in [1.29, 1.82) is 0 Å². The number of nitrogens with zero attached hydrogens (tertiary/aromatic N) is 3. The van der Waals surface area contributed by atoms with Crippen LogP contribution in [-0.4, -0.2) is 40.8 Å². The first-order chi connectivity index (χ1) is 13.6. The third-order valence-electron chi connectivity index (χ3n) is 5.42. The minimum Gasteiger partial charge on any atom is -0.497 e. The van der Waals surface area contributed by atoms with Crippen LogP contribution < -0.4 is 10.3 Å². The summed E-state index contributed by atoms with van der Waals surface area (Å²) in [4.78, 5) is 26.4. The van der Waals surface area contributed by atoms with Gasteiger partial charge in [-0.2, -0.15) is 5.10 Å². The van der Waals surface area contributed by atoms with Crippen LogP contribution in [0.2, 0.25) is 0 Å². The molecular weight excluding hydrogens is 354 g/mol. The quantitative estimate of drug-likeness (QED) is 0.737. The summed E-state index contributed by atoms with van der Waals surface area (Å²) in [5.74, 6) is 1.45. The fraction of sp³-hybridized carbons (Fsp3) is 0.500. The molecule has 1 aliphatic heterocycles. The van der Waals surface area contributed by atoms with E-state index in [-0.39, 0.29) is 11.5 Å². The predicted molar refractivity (Wildman–Crippen MR) is 109 cm³/mol. The number of rotatable bonds is 7. The van der Waals surface area contributed by atoms with Crippen molar-refractivity contribution in [3.05, 3.63) is 58.0 Å². The zero-order valence-corrected chi connectivity index (χ0v) is 16.8. The summed E-state index contributed by atoms with van der Waals surface area (Å²) in [5.41, 5.74) is 1.53. The summed E-state index contributed by atoms with van der Waals surface area (Å²) in [6.45, 7) is 4.02. The van der Waals surface area contributed by atoms with Crippen molar-refractivity contribution in [3.63, 3.8) is 0 Å². The van der Waals surface area contributed by atoms with E-state index in [2.05, 4.69) is 17.2 Å². The standard InChI is InChI=1S/C22H29N3O3/c1-3-14-25-21(26)11-10-20(23-25)22(27)24-15-12-18(13-16-24)5-4-17-6-8-19(28-2)9-7-17/h6-11,18H,3-5,12-16H2,1-2H3. The molecule has 150 valence electrons. The van der Waals surface area contributed by atoms with E-state index in [4.69, 9.17) is 4.74 Å². The van der Waals surface area contributed by atoms with E-state index in [1.165, 1.54) is 16.3 Å². The number of hydrogen-bond acceptors (Lipinski definition) is 4. The van der Waals surface area contributed by atoms with E-state index < -0.39 is 0 Å². The number of methoxy groups -OCH3 is 1. The molecule has 6 heteroatoms. The highest BCUT2D eigenvalue weighted by molar-refractivity contribution is 5.92. The van der Waals surface area contributed by atoms with Crippen molar-refractivity contribution in [1.82, 2.24) is 14.7 Å². The van der Waals surface area contributed by atoms with Crippen LogP contribution >= 0.6 is 0 Å². The molecule has 1 aromatic heterocycles. The van der Waals surface area contributed by atoms with Crippen molar-refractivity contribution in [2.45, 2.75) is 45.6 Å². The van der Waals surface area contributed by atoms with E-state index in [1.54, 1.807) is 13.2 Å². The summed E-state index contributed by atoms with van der Waals surface area (Å²) in [5, 5.41) is 4.25. The van der Waals surface area contributed by atoms with Gasteiger partial charge in [-0.15, -0.1) is 0 Å². The third-order valence-corrected chi connectivity index (χ3v) is 5.42. The first kappa shape index (κ1) is 20.1. The first-order valence-corrected chi connectivity index (χ1v) is 10.1. The molecule has 28 heavy (non-hydrogen) atoms. The fourth-order valence-electron chi connectivity index (χ4n) is 3.68. The maximum Gasteiger partial charge on any atom is 0.274 e. The Bertz CT molecular complexity index is 837. The second kappa shape index (κ2) is 9.53. The van der Waals surface area contributed by atoms with Gasteiger partial charge in [-0.3, -0.25) is 9.59 Å². The Balaban J connectivity index is 1.51. The first-order valence-electron chi connectivity index (χ1n) is 10.1. The van der Waals surface area contributed by atoms with Crippen LogP contribution in [0.3, 0.4) is 0 Å². The maximum absolute atomic E-state index is 12.8. The molecule has 0 N–H and O–H groups in total. The smallest absolute Gasteiger partial charge is 0.274 e. The normalized spacial score (nSPS) is 14.9. The number of piperidine rings is 1. The fourth-order valence-corrected chi connectivity index (χ4v) is 3.68. The van der Waals surface area contributed by atoms with Gasteiger partial charge in [-0.25, -0.2) is 4.68 Å². The molecule has 0 saturated carbocycles. The average Bonchev–Trinajstić information content (AvgIpc) is 2.74. The van der Waals surface area contributed by atoms with Crippen LogP contribution in [0.4, 0.5) is 0 Å². The van der Waals surface area contributed by atoms with Gasteiger partial charge in [-0.1, -0.05) is 19.1 Å². The van der Waals surface area contributed by atoms with Crippen molar-refractivity contribution in [2.24, 2.45) is 5.92 Å². The third kappa shape index (κ3) is 5.00. The van der Waals surface area contributed by atoms with E-state index in [0.717, 1.165) is 50.9 Å². The molecule has 1 aromatic carbocycles. The topological polar surface area (TPSA) is 64.4 Å². The number of aryl methyl sites for hydroxylation is 2. The van der Waals surface area contributed by atoms with Gasteiger partial charge >= 0.3 is 0 Å². The Labute approximate surface area is 166 Å². The number of likely N-dealkylation sites (tertiary alicyclic amines) is 1. The molecule has 1 fully saturated rings. The number of ether oxygens (including phenoxy) is 1. The van der Waals surface area contributed by atoms with Crippen LogP contribution in [0, 0.1) is 5.92 Å². The number of aromatic nitrogens is 2. The highest BCUT2D eigenvalue weighted by atomic mass is 16.5. The molecule has 0 unspecified atom stereocenters. The Morgan fingerprint density at radius 3 is 2.50 bits per heavy atom. The monoisotopic (exact) mass is 383 g/mol. The highest BCUT2D eigenvalue weighted by Crippen LogP contribution is 2.24. The van der Waals surface area contributed by atoms with Crippen molar-refractivity contribution in [2.75, 3.05) is 20.2 Å². The molecule has 6 nitrogen and oxygen atoms in total. The zero-order chi connectivity index (χ0) is 19.9. The molecule has 0 atom stereocenters. The van der Waals surface area contributed by atoms with Gasteiger partial charge in [0.05, 0.1) is 7.11 Å². The molecule has 2 aromatic rings. The van der Waals surface area contributed by atoms with E-state index in [1.807, 2.05) is 24.0 Å². The van der Waals surface area contributed by atoms with Gasteiger partial charge < -0.3 is 9.64 Å². The lowest BCUT2D eigenvalue weighted by molar-refractivity contribution is 0.0678. The minimum atomic E-state index is -0.157. The second-order valence-electron chi connectivity index (χ2n) is 7.40. The molecule has 2 heterocycles. The van der Waals surface area contributed by atoms with Crippen molar-refractivity contribution < 1.29 is 9.53 Å². The van der Waals surface area contributed by atoms with Gasteiger partial charge in [0.1, 0.15) is 11.4 Å². The SMILES string of the molecule is CCCn1nc(C(=O)N2CCC(CCc3ccc(OC)cc3)CC2)ccc1=O. The van der Waals surface area contributed by atoms with Gasteiger partial charge in [-0.05, 0) is 61.8 Å². The predicted octanol–water partition coefficient (Wildman–Crippen LogP) is 3.15. The number of carbonyl (C=O) groups excluding carboxylic acids is 1. The lowest BCUT2D eigenvalue weighted by Crippen LogP contribution is -2.39. The molecule has 0 radical (unpaired) electrons.